The smallest absolute Gasteiger partial charge is 0.242 e. The van der Waals surface area contributed by atoms with Gasteiger partial charge in [0, 0.05) is 30.6 Å². The van der Waals surface area contributed by atoms with E-state index in [1.54, 1.807) is 25.3 Å². The summed E-state index contributed by atoms with van der Waals surface area (Å²) in [6, 6.07) is 20.2. The van der Waals surface area contributed by atoms with E-state index in [1.165, 1.54) is 24.1 Å². The van der Waals surface area contributed by atoms with Gasteiger partial charge < -0.3 is 15.0 Å². The van der Waals surface area contributed by atoms with Crippen LogP contribution in [0.3, 0.4) is 0 Å². The van der Waals surface area contributed by atoms with Crippen LogP contribution in [0.5, 0.6) is 5.75 Å². The third-order valence-electron chi connectivity index (χ3n) is 5.39. The van der Waals surface area contributed by atoms with E-state index in [-0.39, 0.29) is 29.5 Å². The number of nitrogens with zero attached hydrogens (tertiary/aromatic N) is 1. The van der Waals surface area contributed by atoms with Crippen molar-refractivity contribution >= 4 is 23.4 Å². The molecular weight excluding hydrogens is 443 g/mol. The highest BCUT2D eigenvalue weighted by Gasteiger charge is 2.30. The molecule has 0 spiro atoms. The molecule has 0 aromatic heterocycles. The van der Waals surface area contributed by atoms with Gasteiger partial charge in [-0.25, -0.2) is 4.39 Å². The zero-order valence-electron chi connectivity index (χ0n) is 18.6. The summed E-state index contributed by atoms with van der Waals surface area (Å²) >= 11 is 6.17. The second kappa shape index (κ2) is 11.5. The van der Waals surface area contributed by atoms with E-state index in [1.807, 2.05) is 42.5 Å². The van der Waals surface area contributed by atoms with Crippen LogP contribution in [0, 0.1) is 5.82 Å². The summed E-state index contributed by atoms with van der Waals surface area (Å²) in [4.78, 5) is 27.9. The van der Waals surface area contributed by atoms with Crippen LogP contribution < -0.4 is 10.1 Å². The molecule has 33 heavy (non-hydrogen) atoms. The number of ether oxygens (including phenoxy) is 1. The summed E-state index contributed by atoms with van der Waals surface area (Å²) in [6.45, 7) is 0.146. The fraction of sp³-hybridized carbons (Fsp3) is 0.231. The Morgan fingerprint density at radius 1 is 1.03 bits per heavy atom. The van der Waals surface area contributed by atoms with Crippen molar-refractivity contribution in [1.82, 2.24) is 10.2 Å². The lowest BCUT2D eigenvalue weighted by Crippen LogP contribution is -2.50. The maximum absolute atomic E-state index is 14.4. The summed E-state index contributed by atoms with van der Waals surface area (Å²) in [5, 5.41) is 2.83. The van der Waals surface area contributed by atoms with Gasteiger partial charge in [0.15, 0.2) is 0 Å². The fourth-order valence-electron chi connectivity index (χ4n) is 3.64. The number of methoxy groups -OCH3 is 1. The van der Waals surface area contributed by atoms with Gasteiger partial charge in [-0.05, 0) is 35.4 Å². The van der Waals surface area contributed by atoms with Crippen molar-refractivity contribution in [1.29, 1.82) is 0 Å². The standard InChI is InChI=1S/C26H26ClFN2O3/c1-29-26(32)24(15-18-8-4-3-5-9-18)30(17-19-10-6-11-20(14-19)33-2)25(31)16-21-22(27)12-7-13-23(21)28/h3-14,24H,15-17H2,1-2H3,(H,29,32)/t24-/m1/s1. The molecule has 3 aromatic rings. The zero-order chi connectivity index (χ0) is 23.8. The van der Waals surface area contributed by atoms with Crippen molar-refractivity contribution in [3.05, 3.63) is 100 Å². The number of hydrogen-bond donors (Lipinski definition) is 1. The van der Waals surface area contributed by atoms with Crippen LogP contribution in [0.15, 0.2) is 72.8 Å². The lowest BCUT2D eigenvalue weighted by atomic mass is 10.0. The van der Waals surface area contributed by atoms with Gasteiger partial charge in [-0.3, -0.25) is 9.59 Å². The molecule has 0 fully saturated rings. The van der Waals surface area contributed by atoms with Crippen LogP contribution in [0.1, 0.15) is 16.7 Å². The largest absolute Gasteiger partial charge is 0.497 e. The number of hydrogen-bond acceptors (Lipinski definition) is 3. The minimum atomic E-state index is -0.804. The third-order valence-corrected chi connectivity index (χ3v) is 5.75. The van der Waals surface area contributed by atoms with E-state index in [4.69, 9.17) is 16.3 Å². The second-order valence-electron chi connectivity index (χ2n) is 7.57. The maximum atomic E-state index is 14.4. The molecule has 1 atom stereocenters. The molecule has 0 bridgehead atoms. The van der Waals surface area contributed by atoms with Gasteiger partial charge in [-0.15, -0.1) is 0 Å². The first-order chi connectivity index (χ1) is 15.9. The zero-order valence-corrected chi connectivity index (χ0v) is 19.3. The Balaban J connectivity index is 1.99. The first-order valence-electron chi connectivity index (χ1n) is 10.5. The maximum Gasteiger partial charge on any atom is 0.242 e. The Hall–Kier alpha value is -3.38. The number of rotatable bonds is 9. The molecule has 2 amide bonds. The molecule has 0 aliphatic carbocycles. The number of carbonyl (C=O) groups excluding carboxylic acids is 2. The van der Waals surface area contributed by atoms with E-state index >= 15 is 0 Å². The van der Waals surface area contributed by atoms with Crippen LogP contribution in [0.4, 0.5) is 4.39 Å². The molecule has 0 saturated heterocycles. The van der Waals surface area contributed by atoms with Crippen LogP contribution in [0.25, 0.3) is 0 Å². The molecule has 0 saturated carbocycles. The van der Waals surface area contributed by atoms with E-state index in [9.17, 15) is 14.0 Å². The summed E-state index contributed by atoms with van der Waals surface area (Å²) in [5.74, 6) is -0.641. The highest BCUT2D eigenvalue weighted by molar-refractivity contribution is 6.31. The predicted octanol–water partition coefficient (Wildman–Crippen LogP) is 4.42. The van der Waals surface area contributed by atoms with Crippen molar-refractivity contribution in [3.63, 3.8) is 0 Å². The van der Waals surface area contributed by atoms with Gasteiger partial charge in [0.2, 0.25) is 11.8 Å². The molecule has 1 N–H and O–H groups in total. The SMILES string of the molecule is CNC(=O)[C@@H](Cc1ccccc1)N(Cc1cccc(OC)c1)C(=O)Cc1c(F)cccc1Cl. The van der Waals surface area contributed by atoms with Crippen LogP contribution in [-0.4, -0.2) is 36.9 Å². The van der Waals surface area contributed by atoms with Crippen LogP contribution in [-0.2, 0) is 29.0 Å². The number of benzene rings is 3. The molecule has 0 radical (unpaired) electrons. The van der Waals surface area contributed by atoms with Crippen molar-refractivity contribution in [2.24, 2.45) is 0 Å². The fourth-order valence-corrected chi connectivity index (χ4v) is 3.87. The Morgan fingerprint density at radius 2 is 1.73 bits per heavy atom. The van der Waals surface area contributed by atoms with Gasteiger partial charge in [0.1, 0.15) is 17.6 Å². The molecule has 7 heteroatoms. The van der Waals surface area contributed by atoms with Gasteiger partial charge >= 0.3 is 0 Å². The molecule has 172 valence electrons. The predicted molar refractivity (Wildman–Crippen MR) is 127 cm³/mol. The van der Waals surface area contributed by atoms with E-state index in [2.05, 4.69) is 5.32 Å². The first-order valence-corrected chi connectivity index (χ1v) is 10.9. The Labute approximate surface area is 198 Å². The Morgan fingerprint density at radius 3 is 2.39 bits per heavy atom. The van der Waals surface area contributed by atoms with Crippen LogP contribution in [0.2, 0.25) is 5.02 Å². The van der Waals surface area contributed by atoms with Crippen molar-refractivity contribution in [2.45, 2.75) is 25.4 Å². The second-order valence-corrected chi connectivity index (χ2v) is 7.98. The highest BCUT2D eigenvalue weighted by atomic mass is 35.5. The summed E-state index contributed by atoms with van der Waals surface area (Å²) in [7, 11) is 3.09. The van der Waals surface area contributed by atoms with Gasteiger partial charge in [0.25, 0.3) is 0 Å². The topological polar surface area (TPSA) is 58.6 Å². The summed E-state index contributed by atoms with van der Waals surface area (Å²) in [5.41, 5.74) is 1.79. The van der Waals surface area contributed by atoms with E-state index in [0.717, 1.165) is 11.1 Å². The minimum Gasteiger partial charge on any atom is -0.497 e. The van der Waals surface area contributed by atoms with E-state index < -0.39 is 17.8 Å². The third kappa shape index (κ3) is 6.33. The Bertz CT molecular complexity index is 1090. The van der Waals surface area contributed by atoms with Crippen molar-refractivity contribution < 1.29 is 18.7 Å². The number of amides is 2. The number of nitrogens with one attached hydrogen (secondary N) is 1. The first kappa shape index (κ1) is 24.3. The molecule has 0 aliphatic rings. The molecule has 5 nitrogen and oxygen atoms in total. The van der Waals surface area contributed by atoms with Gasteiger partial charge in [-0.1, -0.05) is 60.1 Å². The quantitative estimate of drug-likeness (QED) is 0.506. The number of halogens is 2. The molecule has 3 rings (SSSR count). The van der Waals surface area contributed by atoms with Crippen molar-refractivity contribution in [3.8, 4) is 5.75 Å². The highest BCUT2D eigenvalue weighted by Crippen LogP contribution is 2.23. The van der Waals surface area contributed by atoms with Crippen LogP contribution >= 0.6 is 11.6 Å². The van der Waals surface area contributed by atoms with Gasteiger partial charge in [0.05, 0.1) is 13.5 Å². The Kier molecular flexibility index (Phi) is 8.44. The monoisotopic (exact) mass is 468 g/mol. The molecule has 0 unspecified atom stereocenters. The van der Waals surface area contributed by atoms with E-state index in [0.29, 0.717) is 12.2 Å². The lowest BCUT2D eigenvalue weighted by Gasteiger charge is -2.31. The van der Waals surface area contributed by atoms with Gasteiger partial charge in [-0.2, -0.15) is 0 Å². The number of carbonyl (C=O) groups is 2. The number of likely N-dealkylation sites (N-methyl/N-ethyl adjacent to an activating group) is 1. The normalized spacial score (nSPS) is 11.5. The lowest BCUT2D eigenvalue weighted by molar-refractivity contribution is -0.140. The molecule has 3 aromatic carbocycles. The summed E-state index contributed by atoms with van der Waals surface area (Å²) < 4.78 is 19.7. The average molecular weight is 469 g/mol. The molecule has 0 heterocycles. The molecular formula is C26H26ClFN2O3. The summed E-state index contributed by atoms with van der Waals surface area (Å²) in [6.07, 6.45) is 0.0407. The molecule has 0 aliphatic heterocycles. The van der Waals surface area contributed by atoms with Crippen molar-refractivity contribution in [2.75, 3.05) is 14.2 Å². The average Bonchev–Trinajstić information content (AvgIpc) is 2.83. The minimum absolute atomic E-state index is 0.107.